The second kappa shape index (κ2) is 20.7. The SMILES string of the molecule is C[Si](C)(CCCOCC1CO1)O[Si](C)(C)CCC1CCC(CC[Si](C)(C)O[Si](C)(C)CCC2CCC3OC3C2)CC1CC[Si](C)(C)O[Si](C)(C)CCC1CCC2OC2C1. The van der Waals surface area contributed by atoms with Crippen LogP contribution >= 0.6 is 0 Å². The van der Waals surface area contributed by atoms with Crippen molar-refractivity contribution in [3.05, 3.63) is 0 Å². The molecule has 0 amide bonds. The van der Waals surface area contributed by atoms with Crippen LogP contribution in [0.3, 0.4) is 0 Å². The molecule has 3 heterocycles. The summed E-state index contributed by atoms with van der Waals surface area (Å²) < 4.78 is 44.7. The Labute approximate surface area is 370 Å². The third-order valence-corrected chi connectivity index (χ3v) is 37.9. The number of epoxide rings is 3. The summed E-state index contributed by atoms with van der Waals surface area (Å²) in [5, 5.41) is 0. The molecule has 0 bridgehead atoms. The van der Waals surface area contributed by atoms with E-state index >= 15 is 0 Å². The van der Waals surface area contributed by atoms with Gasteiger partial charge < -0.3 is 31.3 Å². The Bertz CT molecular complexity index is 1310. The molecule has 0 radical (unpaired) electrons. The molecule has 6 rings (SSSR count). The highest BCUT2D eigenvalue weighted by Gasteiger charge is 2.46. The molecule has 0 aromatic heterocycles. The Morgan fingerprint density at radius 3 is 1.25 bits per heavy atom. The lowest BCUT2D eigenvalue weighted by Crippen LogP contribution is -2.45. The summed E-state index contributed by atoms with van der Waals surface area (Å²) in [6, 6.07) is 7.79. The van der Waals surface area contributed by atoms with Crippen LogP contribution in [0, 0.1) is 29.6 Å². The van der Waals surface area contributed by atoms with Crippen molar-refractivity contribution in [2.45, 2.75) is 242 Å². The molecule has 59 heavy (non-hydrogen) atoms. The summed E-state index contributed by atoms with van der Waals surface area (Å²) in [4.78, 5) is 0. The monoisotopic (exact) mass is 927 g/mol. The molecule has 0 aromatic carbocycles. The molecule has 344 valence electrons. The van der Waals surface area contributed by atoms with E-state index in [1.165, 1.54) is 126 Å². The van der Waals surface area contributed by atoms with E-state index in [0.717, 1.165) is 55.8 Å². The number of ether oxygens (including phenoxy) is 4. The minimum Gasteiger partial charge on any atom is -0.455 e. The van der Waals surface area contributed by atoms with E-state index < -0.39 is 49.9 Å². The van der Waals surface area contributed by atoms with Crippen molar-refractivity contribution < 1.29 is 31.3 Å². The Morgan fingerprint density at radius 1 is 0.424 bits per heavy atom. The van der Waals surface area contributed by atoms with Crippen molar-refractivity contribution in [2.24, 2.45) is 29.6 Å². The van der Waals surface area contributed by atoms with Gasteiger partial charge in [-0.1, -0.05) is 38.5 Å². The molecule has 0 aromatic rings. The molecular weight excluding hydrogens is 833 g/mol. The van der Waals surface area contributed by atoms with Gasteiger partial charge in [0, 0.05) is 6.61 Å². The van der Waals surface area contributed by atoms with E-state index in [1.807, 2.05) is 0 Å². The molecule has 6 aliphatic rings. The van der Waals surface area contributed by atoms with Crippen LogP contribution in [0.5, 0.6) is 0 Å². The number of rotatable bonds is 27. The van der Waals surface area contributed by atoms with Crippen LogP contribution in [0.4, 0.5) is 0 Å². The first-order valence-corrected chi connectivity index (χ1v) is 43.8. The summed E-state index contributed by atoms with van der Waals surface area (Å²) in [6.45, 7) is 32.7. The highest BCUT2D eigenvalue weighted by molar-refractivity contribution is 6.86. The van der Waals surface area contributed by atoms with E-state index in [9.17, 15) is 0 Å². The molecule has 3 saturated heterocycles. The first kappa shape index (κ1) is 49.5. The molecule has 10 atom stereocenters. The topological polar surface area (TPSA) is 74.5 Å². The lowest BCUT2D eigenvalue weighted by molar-refractivity contribution is 0.116. The smallest absolute Gasteiger partial charge is 0.173 e. The van der Waals surface area contributed by atoms with E-state index in [2.05, 4.69) is 78.6 Å². The minimum absolute atomic E-state index is 0.359. The summed E-state index contributed by atoms with van der Waals surface area (Å²) in [7, 11) is -10.4. The maximum Gasteiger partial charge on any atom is 0.173 e. The predicted molar refractivity (Wildman–Crippen MR) is 262 cm³/mol. The zero-order valence-electron chi connectivity index (χ0n) is 40.6. The molecule has 6 fully saturated rings. The number of hydrogen-bond donors (Lipinski definition) is 0. The number of fused-ring (bicyclic) bond motifs is 2. The van der Waals surface area contributed by atoms with Gasteiger partial charge in [-0.15, -0.1) is 0 Å². The van der Waals surface area contributed by atoms with Gasteiger partial charge in [0.2, 0.25) is 0 Å². The molecule has 0 N–H and O–H groups in total. The molecule has 0 spiro atoms. The van der Waals surface area contributed by atoms with Crippen LogP contribution in [0.15, 0.2) is 0 Å². The largest absolute Gasteiger partial charge is 0.455 e. The summed E-state index contributed by atoms with van der Waals surface area (Å²) in [5.41, 5.74) is 0. The normalized spacial score (nSPS) is 32.7. The Hall–Kier alpha value is 1.02. The average Bonchev–Trinajstić information content (AvgIpc) is 4.00. The van der Waals surface area contributed by atoms with Crippen molar-refractivity contribution in [1.82, 2.24) is 0 Å². The van der Waals surface area contributed by atoms with Gasteiger partial charge in [-0.2, -0.15) is 0 Å². The standard InChI is InChI=1S/C46H94O7Si6/c1-54(2,26-13-25-47-35-42-36-48-42)51-58(9,10)30-23-40-17-14-37(20-27-55(3,4)52-56(5,6)28-21-38-15-18-43-45(33-38)49-43)32-41(40)24-31-59(11,12)53-57(7,8)29-22-39-16-19-44-46(34-39)50-44/h37-46H,13-36H2,1-12H3. The second-order valence-electron chi connectivity index (χ2n) is 24.7. The van der Waals surface area contributed by atoms with Crippen molar-refractivity contribution in [3.8, 4) is 0 Å². The van der Waals surface area contributed by atoms with E-state index in [-0.39, 0.29) is 0 Å². The van der Waals surface area contributed by atoms with Crippen molar-refractivity contribution in [2.75, 3.05) is 19.8 Å². The van der Waals surface area contributed by atoms with Gasteiger partial charge in [-0.25, -0.2) is 0 Å². The van der Waals surface area contributed by atoms with Gasteiger partial charge in [-0.3, -0.25) is 0 Å². The molecule has 3 aliphatic carbocycles. The van der Waals surface area contributed by atoms with E-state index in [1.54, 1.807) is 0 Å². The molecular formula is C46H94O7Si6. The highest BCUT2D eigenvalue weighted by atomic mass is 28.4. The maximum atomic E-state index is 7.35. The third-order valence-electron chi connectivity index (χ3n) is 15.6. The van der Waals surface area contributed by atoms with Gasteiger partial charge in [0.25, 0.3) is 0 Å². The quantitative estimate of drug-likeness (QED) is 0.0461. The van der Waals surface area contributed by atoms with Crippen LogP contribution in [0.2, 0.25) is 115 Å². The lowest BCUT2D eigenvalue weighted by atomic mass is 9.71. The Balaban J connectivity index is 0.990. The zero-order chi connectivity index (χ0) is 42.7. The average molecular weight is 928 g/mol. The zero-order valence-corrected chi connectivity index (χ0v) is 46.6. The van der Waals surface area contributed by atoms with Gasteiger partial charge in [-0.05, 0) is 202 Å². The third kappa shape index (κ3) is 17.7. The van der Waals surface area contributed by atoms with E-state index in [0.29, 0.717) is 30.5 Å². The molecule has 10 unspecified atom stereocenters. The van der Waals surface area contributed by atoms with E-state index in [4.69, 9.17) is 31.3 Å². The Morgan fingerprint density at radius 2 is 0.814 bits per heavy atom. The fourth-order valence-corrected chi connectivity index (χ4v) is 39.0. The molecule has 7 nitrogen and oxygen atoms in total. The first-order chi connectivity index (χ1) is 27.5. The Kier molecular flexibility index (Phi) is 17.3. The van der Waals surface area contributed by atoms with Crippen molar-refractivity contribution >= 4 is 49.9 Å². The van der Waals surface area contributed by atoms with Crippen LogP contribution in [0.25, 0.3) is 0 Å². The second-order valence-corrected chi connectivity index (χ2v) is 51.2. The first-order valence-electron chi connectivity index (χ1n) is 25.1. The lowest BCUT2D eigenvalue weighted by Gasteiger charge is -2.42. The summed E-state index contributed by atoms with van der Waals surface area (Å²) in [6.07, 6.45) is 22.9. The van der Waals surface area contributed by atoms with Crippen molar-refractivity contribution in [3.63, 3.8) is 0 Å². The van der Waals surface area contributed by atoms with Crippen LogP contribution in [0.1, 0.15) is 96.3 Å². The minimum atomic E-state index is -1.78. The molecule has 3 aliphatic heterocycles. The molecule has 3 saturated carbocycles. The van der Waals surface area contributed by atoms with Gasteiger partial charge in [0.05, 0.1) is 37.6 Å². The van der Waals surface area contributed by atoms with Crippen molar-refractivity contribution in [1.29, 1.82) is 0 Å². The highest BCUT2D eigenvalue weighted by Crippen LogP contribution is 2.46. The van der Waals surface area contributed by atoms with Gasteiger partial charge in [0.15, 0.2) is 49.9 Å². The molecule has 13 heteroatoms. The summed E-state index contributed by atoms with van der Waals surface area (Å²) in [5.74, 6) is 4.25. The fourth-order valence-electron chi connectivity index (χ4n) is 12.2. The maximum absolute atomic E-state index is 7.35. The predicted octanol–water partition coefficient (Wildman–Crippen LogP) is 13.2. The van der Waals surface area contributed by atoms with Crippen LogP contribution in [-0.2, 0) is 31.3 Å². The summed E-state index contributed by atoms with van der Waals surface area (Å²) >= 11 is 0. The van der Waals surface area contributed by atoms with Crippen LogP contribution < -0.4 is 0 Å². The van der Waals surface area contributed by atoms with Crippen LogP contribution in [-0.4, -0.2) is 100 Å². The van der Waals surface area contributed by atoms with Gasteiger partial charge >= 0.3 is 0 Å². The fraction of sp³-hybridized carbons (Fsp3) is 1.00. The van der Waals surface area contributed by atoms with Gasteiger partial charge in [0.1, 0.15) is 6.10 Å². The number of hydrogen-bond acceptors (Lipinski definition) is 7.